The molecule has 0 N–H and O–H groups in total. The Kier molecular flexibility index (Phi) is 4.78. The fourth-order valence-corrected chi connectivity index (χ4v) is 2.82. The number of aromatic nitrogens is 2. The van der Waals surface area contributed by atoms with E-state index in [1.165, 1.54) is 6.42 Å². The Balaban J connectivity index is 2.11. The third-order valence-electron chi connectivity index (χ3n) is 3.45. The molecule has 1 aliphatic heterocycles. The van der Waals surface area contributed by atoms with Gasteiger partial charge in [-0.2, -0.15) is 0 Å². The highest BCUT2D eigenvalue weighted by Gasteiger charge is 2.30. The molecule has 1 fully saturated rings. The fourth-order valence-electron chi connectivity index (χ4n) is 2.45. The van der Waals surface area contributed by atoms with Crippen LogP contribution in [0.1, 0.15) is 25.3 Å². The highest BCUT2D eigenvalue weighted by atomic mass is 35.5. The molecule has 0 bridgehead atoms. The van der Waals surface area contributed by atoms with Crippen LogP contribution >= 0.6 is 23.2 Å². The highest BCUT2D eigenvalue weighted by Crippen LogP contribution is 2.27. The van der Waals surface area contributed by atoms with Crippen LogP contribution in [0.25, 0.3) is 0 Å². The lowest BCUT2D eigenvalue weighted by atomic mass is 10.2. The molecule has 1 aliphatic rings. The minimum absolute atomic E-state index is 0.187. The van der Waals surface area contributed by atoms with Crippen LogP contribution in [0.2, 0.25) is 10.4 Å². The molecule has 0 aliphatic carbocycles. The molecular weight excluding hydrogens is 273 g/mol. The first kappa shape index (κ1) is 14.0. The van der Waals surface area contributed by atoms with Gasteiger partial charge in [0.2, 0.25) is 5.28 Å². The predicted molar refractivity (Wildman–Crippen MR) is 72.0 cm³/mol. The van der Waals surface area contributed by atoms with Crippen molar-refractivity contribution in [3.63, 3.8) is 0 Å². The lowest BCUT2D eigenvalue weighted by molar-refractivity contribution is 0.0950. The van der Waals surface area contributed by atoms with E-state index in [9.17, 15) is 0 Å². The maximum Gasteiger partial charge on any atom is 0.223 e. The van der Waals surface area contributed by atoms with Crippen molar-refractivity contribution in [1.82, 2.24) is 14.9 Å². The van der Waals surface area contributed by atoms with Crippen LogP contribution in [0.3, 0.4) is 0 Å². The van der Waals surface area contributed by atoms with Gasteiger partial charge in [-0.15, -0.1) is 0 Å². The van der Waals surface area contributed by atoms with Crippen molar-refractivity contribution in [2.24, 2.45) is 0 Å². The molecule has 0 radical (unpaired) electrons. The number of hydrogen-bond donors (Lipinski definition) is 0. The molecule has 100 valence electrons. The number of halogens is 2. The molecule has 0 amide bonds. The Morgan fingerprint density at radius 2 is 2.22 bits per heavy atom. The molecule has 18 heavy (non-hydrogen) atoms. The lowest BCUT2D eigenvalue weighted by Crippen LogP contribution is -2.36. The summed E-state index contributed by atoms with van der Waals surface area (Å²) in [6, 6.07) is 0.966. The summed E-state index contributed by atoms with van der Waals surface area (Å²) in [6.45, 7) is 3.71. The SMILES string of the molecule is COCC1CCC(C)N1Cc1cnc(Cl)nc1Cl. The Labute approximate surface area is 117 Å². The van der Waals surface area contributed by atoms with E-state index in [2.05, 4.69) is 21.8 Å². The topological polar surface area (TPSA) is 38.2 Å². The Hall–Kier alpha value is -0.420. The molecule has 2 rings (SSSR count). The van der Waals surface area contributed by atoms with Gasteiger partial charge in [0.1, 0.15) is 5.15 Å². The van der Waals surface area contributed by atoms with Gasteiger partial charge in [-0.1, -0.05) is 11.6 Å². The summed E-state index contributed by atoms with van der Waals surface area (Å²) in [7, 11) is 1.74. The Bertz CT molecular complexity index is 414. The van der Waals surface area contributed by atoms with E-state index in [-0.39, 0.29) is 5.28 Å². The average molecular weight is 290 g/mol. The maximum absolute atomic E-state index is 6.09. The molecule has 0 saturated carbocycles. The van der Waals surface area contributed by atoms with E-state index < -0.39 is 0 Å². The van der Waals surface area contributed by atoms with Gasteiger partial charge in [0.15, 0.2) is 0 Å². The van der Waals surface area contributed by atoms with Crippen LogP contribution in [0.4, 0.5) is 0 Å². The lowest BCUT2D eigenvalue weighted by Gasteiger charge is -2.27. The van der Waals surface area contributed by atoms with Crippen LogP contribution in [0.15, 0.2) is 6.20 Å². The summed E-state index contributed by atoms with van der Waals surface area (Å²) in [6.07, 6.45) is 4.04. The van der Waals surface area contributed by atoms with Gasteiger partial charge in [-0.3, -0.25) is 4.90 Å². The minimum atomic E-state index is 0.187. The van der Waals surface area contributed by atoms with Crippen LogP contribution in [0.5, 0.6) is 0 Å². The fraction of sp³-hybridized carbons (Fsp3) is 0.667. The van der Waals surface area contributed by atoms with Crippen molar-refractivity contribution in [1.29, 1.82) is 0 Å². The average Bonchev–Trinajstić information content (AvgIpc) is 2.65. The molecular formula is C12H17Cl2N3O. The Morgan fingerprint density at radius 1 is 1.44 bits per heavy atom. The van der Waals surface area contributed by atoms with Crippen LogP contribution in [-0.4, -0.2) is 40.7 Å². The van der Waals surface area contributed by atoms with Crippen molar-refractivity contribution < 1.29 is 4.74 Å². The largest absolute Gasteiger partial charge is 0.383 e. The van der Waals surface area contributed by atoms with E-state index in [4.69, 9.17) is 27.9 Å². The van der Waals surface area contributed by atoms with Crippen LogP contribution in [0, 0.1) is 0 Å². The van der Waals surface area contributed by atoms with Gasteiger partial charge >= 0.3 is 0 Å². The van der Waals surface area contributed by atoms with Gasteiger partial charge in [-0.05, 0) is 31.4 Å². The van der Waals surface area contributed by atoms with E-state index in [0.717, 1.165) is 25.1 Å². The van der Waals surface area contributed by atoms with Crippen molar-refractivity contribution in [2.45, 2.75) is 38.4 Å². The van der Waals surface area contributed by atoms with Gasteiger partial charge in [0.05, 0.1) is 6.61 Å². The normalized spacial score (nSPS) is 24.7. The molecule has 2 atom stereocenters. The van der Waals surface area contributed by atoms with Gasteiger partial charge in [0.25, 0.3) is 0 Å². The number of methoxy groups -OCH3 is 1. The van der Waals surface area contributed by atoms with Crippen LogP contribution in [-0.2, 0) is 11.3 Å². The second-order valence-electron chi connectivity index (χ2n) is 4.66. The third kappa shape index (κ3) is 3.12. The summed E-state index contributed by atoms with van der Waals surface area (Å²) in [5.74, 6) is 0. The molecule has 2 unspecified atom stereocenters. The number of nitrogens with zero attached hydrogens (tertiary/aromatic N) is 3. The zero-order valence-electron chi connectivity index (χ0n) is 10.6. The molecule has 1 aromatic rings. The second kappa shape index (κ2) is 6.15. The van der Waals surface area contributed by atoms with E-state index in [0.29, 0.717) is 17.2 Å². The zero-order chi connectivity index (χ0) is 13.1. The van der Waals surface area contributed by atoms with E-state index >= 15 is 0 Å². The first-order chi connectivity index (χ1) is 8.61. The molecule has 1 saturated heterocycles. The molecule has 1 aromatic heterocycles. The number of likely N-dealkylation sites (tertiary alicyclic amines) is 1. The zero-order valence-corrected chi connectivity index (χ0v) is 12.1. The number of hydrogen-bond acceptors (Lipinski definition) is 4. The van der Waals surface area contributed by atoms with E-state index in [1.54, 1.807) is 13.3 Å². The molecule has 2 heterocycles. The summed E-state index contributed by atoms with van der Waals surface area (Å²) in [5, 5.41) is 0.622. The monoisotopic (exact) mass is 289 g/mol. The first-order valence-corrected chi connectivity index (χ1v) is 6.79. The van der Waals surface area contributed by atoms with Gasteiger partial charge in [-0.25, -0.2) is 9.97 Å². The second-order valence-corrected chi connectivity index (χ2v) is 5.36. The van der Waals surface area contributed by atoms with Crippen molar-refractivity contribution >= 4 is 23.2 Å². The number of ether oxygens (including phenoxy) is 1. The standard InChI is InChI=1S/C12H17Cl2N3O/c1-8-3-4-10(7-18-2)17(8)6-9-5-15-12(14)16-11(9)13/h5,8,10H,3-4,6-7H2,1-2H3. The predicted octanol–water partition coefficient (Wildman–Crippen LogP) is 2.78. The van der Waals surface area contributed by atoms with Crippen molar-refractivity contribution in [2.75, 3.05) is 13.7 Å². The quantitative estimate of drug-likeness (QED) is 0.631. The molecule has 0 spiro atoms. The summed E-state index contributed by atoms with van der Waals surface area (Å²) < 4.78 is 5.26. The molecule has 6 heteroatoms. The van der Waals surface area contributed by atoms with Gasteiger partial charge < -0.3 is 4.74 Å². The first-order valence-electron chi connectivity index (χ1n) is 6.03. The summed E-state index contributed by atoms with van der Waals surface area (Å²) >= 11 is 11.8. The summed E-state index contributed by atoms with van der Waals surface area (Å²) in [5.41, 5.74) is 0.913. The molecule has 4 nitrogen and oxygen atoms in total. The minimum Gasteiger partial charge on any atom is -0.383 e. The van der Waals surface area contributed by atoms with Gasteiger partial charge in [0, 0.05) is 37.5 Å². The van der Waals surface area contributed by atoms with Crippen molar-refractivity contribution in [3.8, 4) is 0 Å². The van der Waals surface area contributed by atoms with E-state index in [1.807, 2.05) is 0 Å². The maximum atomic E-state index is 6.09. The summed E-state index contributed by atoms with van der Waals surface area (Å²) in [4.78, 5) is 10.4. The van der Waals surface area contributed by atoms with Crippen LogP contribution < -0.4 is 0 Å². The third-order valence-corrected chi connectivity index (χ3v) is 3.96. The smallest absolute Gasteiger partial charge is 0.223 e. The Morgan fingerprint density at radius 3 is 2.89 bits per heavy atom. The van der Waals surface area contributed by atoms with Crippen molar-refractivity contribution in [3.05, 3.63) is 22.2 Å². The number of rotatable bonds is 4. The molecule has 0 aromatic carbocycles. The highest BCUT2D eigenvalue weighted by molar-refractivity contribution is 6.32.